The fourth-order valence-electron chi connectivity index (χ4n) is 3.08. The summed E-state index contributed by atoms with van der Waals surface area (Å²) in [6, 6.07) is 3.86. The van der Waals surface area contributed by atoms with Crippen molar-refractivity contribution in [3.05, 3.63) is 29.8 Å². The molecule has 2 aliphatic rings. The van der Waals surface area contributed by atoms with Gasteiger partial charge in [0.1, 0.15) is 17.3 Å². The molecule has 1 saturated heterocycles. The van der Waals surface area contributed by atoms with Gasteiger partial charge in [-0.15, -0.1) is 10.2 Å². The molecule has 2 aromatic rings. The van der Waals surface area contributed by atoms with Crippen LogP contribution in [0.1, 0.15) is 31.7 Å². The van der Waals surface area contributed by atoms with Gasteiger partial charge in [-0.25, -0.2) is 8.78 Å². The number of amides is 1. The second-order valence-corrected chi connectivity index (χ2v) is 7.45. The van der Waals surface area contributed by atoms with Crippen LogP contribution >= 0.6 is 11.8 Å². The summed E-state index contributed by atoms with van der Waals surface area (Å²) in [5.74, 6) is -1.18. The summed E-state index contributed by atoms with van der Waals surface area (Å²) < 4.78 is 29.4. The minimum atomic E-state index is -0.791. The summed E-state index contributed by atoms with van der Waals surface area (Å²) >= 11 is 1.24. The number of rotatable bonds is 6. The number of hydrogen-bond acceptors (Lipinski definition) is 5. The molecule has 0 spiro atoms. The SMILES string of the molecule is O=C(CSc1nnc(N2CCCC2)n1C1CC1)Nc1c(F)cccc1F. The number of halogens is 2. The lowest BCUT2D eigenvalue weighted by molar-refractivity contribution is -0.113. The molecule has 1 aliphatic heterocycles. The van der Waals surface area contributed by atoms with Crippen molar-refractivity contribution in [2.75, 3.05) is 29.1 Å². The highest BCUT2D eigenvalue weighted by Gasteiger charge is 2.32. The zero-order valence-electron chi connectivity index (χ0n) is 14.1. The van der Waals surface area contributed by atoms with E-state index in [0.717, 1.165) is 56.9 Å². The first-order chi connectivity index (χ1) is 12.6. The van der Waals surface area contributed by atoms with Crippen LogP contribution in [0.5, 0.6) is 0 Å². The van der Waals surface area contributed by atoms with Gasteiger partial charge in [0.25, 0.3) is 0 Å². The van der Waals surface area contributed by atoms with E-state index in [1.807, 2.05) is 0 Å². The Morgan fingerprint density at radius 2 is 1.88 bits per heavy atom. The van der Waals surface area contributed by atoms with Crippen LogP contribution in [0.2, 0.25) is 0 Å². The number of hydrogen-bond donors (Lipinski definition) is 1. The predicted octanol–water partition coefficient (Wildman–Crippen LogP) is 3.22. The fourth-order valence-corrected chi connectivity index (χ4v) is 3.88. The average molecular weight is 379 g/mol. The van der Waals surface area contributed by atoms with Crippen LogP contribution in [0.4, 0.5) is 20.4 Å². The smallest absolute Gasteiger partial charge is 0.235 e. The van der Waals surface area contributed by atoms with Gasteiger partial charge in [0.2, 0.25) is 11.9 Å². The summed E-state index contributed by atoms with van der Waals surface area (Å²) in [5, 5.41) is 11.5. The number of nitrogens with one attached hydrogen (secondary N) is 1. The quantitative estimate of drug-likeness (QED) is 0.781. The van der Waals surface area contributed by atoms with Crippen LogP contribution in [0, 0.1) is 11.6 Å². The van der Waals surface area contributed by atoms with Crippen LogP contribution in [-0.4, -0.2) is 39.5 Å². The zero-order valence-corrected chi connectivity index (χ0v) is 14.9. The van der Waals surface area contributed by atoms with Crippen molar-refractivity contribution in [1.29, 1.82) is 0 Å². The van der Waals surface area contributed by atoms with Gasteiger partial charge in [0.15, 0.2) is 5.16 Å². The van der Waals surface area contributed by atoms with Crippen molar-refractivity contribution in [2.24, 2.45) is 0 Å². The van der Waals surface area contributed by atoms with E-state index in [4.69, 9.17) is 0 Å². The van der Waals surface area contributed by atoms with Gasteiger partial charge in [-0.05, 0) is 37.8 Å². The largest absolute Gasteiger partial charge is 0.341 e. The van der Waals surface area contributed by atoms with E-state index < -0.39 is 23.2 Å². The van der Waals surface area contributed by atoms with Gasteiger partial charge in [0.05, 0.1) is 5.75 Å². The third-order valence-electron chi connectivity index (χ3n) is 4.51. The topological polar surface area (TPSA) is 63.1 Å². The minimum absolute atomic E-state index is 0.0125. The Kier molecular flexibility index (Phi) is 4.80. The monoisotopic (exact) mass is 379 g/mol. The molecule has 138 valence electrons. The van der Waals surface area contributed by atoms with Crippen molar-refractivity contribution >= 4 is 29.3 Å². The van der Waals surface area contributed by atoms with Gasteiger partial charge < -0.3 is 10.2 Å². The summed E-state index contributed by atoms with van der Waals surface area (Å²) in [7, 11) is 0. The molecule has 1 saturated carbocycles. The van der Waals surface area contributed by atoms with Crippen molar-refractivity contribution in [3.63, 3.8) is 0 Å². The van der Waals surface area contributed by atoms with Crippen LogP contribution in [0.25, 0.3) is 0 Å². The summed E-state index contributed by atoms with van der Waals surface area (Å²) in [5.41, 5.74) is -0.417. The number of carbonyl (C=O) groups is 1. The molecule has 1 aromatic heterocycles. The Morgan fingerprint density at radius 1 is 1.19 bits per heavy atom. The van der Waals surface area contributed by atoms with E-state index in [-0.39, 0.29) is 5.75 Å². The summed E-state index contributed by atoms with van der Waals surface area (Å²) in [6.07, 6.45) is 4.46. The fraction of sp³-hybridized carbons (Fsp3) is 0.471. The molecule has 1 N–H and O–H groups in total. The maximum atomic E-state index is 13.6. The number of thioether (sulfide) groups is 1. The Bertz CT molecular complexity index is 797. The minimum Gasteiger partial charge on any atom is -0.341 e. The number of nitrogens with zero attached hydrogens (tertiary/aromatic N) is 4. The molecule has 2 heterocycles. The van der Waals surface area contributed by atoms with E-state index in [0.29, 0.717) is 11.2 Å². The Balaban J connectivity index is 1.44. The normalized spacial score (nSPS) is 16.9. The lowest BCUT2D eigenvalue weighted by atomic mass is 10.3. The molecular weight excluding hydrogens is 360 g/mol. The summed E-state index contributed by atoms with van der Waals surface area (Å²) in [6.45, 7) is 1.95. The molecule has 26 heavy (non-hydrogen) atoms. The molecule has 4 rings (SSSR count). The van der Waals surface area contributed by atoms with E-state index >= 15 is 0 Å². The van der Waals surface area contributed by atoms with E-state index in [1.54, 1.807) is 0 Å². The van der Waals surface area contributed by atoms with E-state index in [1.165, 1.54) is 17.8 Å². The molecule has 1 amide bonds. The van der Waals surface area contributed by atoms with Crippen molar-refractivity contribution < 1.29 is 13.6 Å². The first kappa shape index (κ1) is 17.3. The third-order valence-corrected chi connectivity index (χ3v) is 5.45. The first-order valence-corrected chi connectivity index (χ1v) is 9.68. The van der Waals surface area contributed by atoms with Crippen molar-refractivity contribution in [1.82, 2.24) is 14.8 Å². The standard InChI is InChI=1S/C17H19F2N5OS/c18-12-4-3-5-13(19)15(12)20-14(25)10-26-17-22-21-16(23-8-1-2-9-23)24(17)11-6-7-11/h3-5,11H,1-2,6-10H2,(H,20,25). The average Bonchev–Trinajstić information content (AvgIpc) is 3.15. The van der Waals surface area contributed by atoms with Crippen LogP contribution in [0.3, 0.4) is 0 Å². The highest BCUT2D eigenvalue weighted by Crippen LogP contribution is 2.41. The molecule has 1 aliphatic carbocycles. The number of benzene rings is 1. The molecule has 0 radical (unpaired) electrons. The van der Waals surface area contributed by atoms with Gasteiger partial charge in [0, 0.05) is 19.1 Å². The molecule has 0 atom stereocenters. The number of carbonyl (C=O) groups excluding carboxylic acids is 1. The van der Waals surface area contributed by atoms with E-state index in [2.05, 4.69) is 25.0 Å². The molecule has 6 nitrogen and oxygen atoms in total. The first-order valence-electron chi connectivity index (χ1n) is 8.70. The molecule has 1 aromatic carbocycles. The second-order valence-electron chi connectivity index (χ2n) is 6.51. The Labute approximate surface area is 154 Å². The maximum Gasteiger partial charge on any atom is 0.235 e. The lowest BCUT2D eigenvalue weighted by Gasteiger charge is -2.17. The van der Waals surface area contributed by atoms with Crippen LogP contribution < -0.4 is 10.2 Å². The van der Waals surface area contributed by atoms with Gasteiger partial charge >= 0.3 is 0 Å². The highest BCUT2D eigenvalue weighted by atomic mass is 32.2. The van der Waals surface area contributed by atoms with E-state index in [9.17, 15) is 13.6 Å². The molecule has 9 heteroatoms. The Morgan fingerprint density at radius 3 is 2.54 bits per heavy atom. The second kappa shape index (κ2) is 7.22. The maximum absolute atomic E-state index is 13.6. The Hall–Kier alpha value is -2.16. The third kappa shape index (κ3) is 3.53. The number of anilines is 2. The van der Waals surface area contributed by atoms with Crippen molar-refractivity contribution in [2.45, 2.75) is 36.9 Å². The molecule has 0 bridgehead atoms. The highest BCUT2D eigenvalue weighted by molar-refractivity contribution is 7.99. The van der Waals surface area contributed by atoms with Gasteiger partial charge in [-0.3, -0.25) is 9.36 Å². The molecule has 0 unspecified atom stereocenters. The molecular formula is C17H19F2N5OS. The number of aromatic nitrogens is 3. The van der Waals surface area contributed by atoms with Gasteiger partial charge in [-0.2, -0.15) is 0 Å². The van der Waals surface area contributed by atoms with Crippen molar-refractivity contribution in [3.8, 4) is 0 Å². The van der Waals surface area contributed by atoms with Gasteiger partial charge in [-0.1, -0.05) is 17.8 Å². The zero-order chi connectivity index (χ0) is 18.1. The van der Waals surface area contributed by atoms with Crippen LogP contribution in [-0.2, 0) is 4.79 Å². The summed E-state index contributed by atoms with van der Waals surface area (Å²) in [4.78, 5) is 14.3. The molecule has 2 fully saturated rings. The lowest BCUT2D eigenvalue weighted by Crippen LogP contribution is -2.22. The van der Waals surface area contributed by atoms with Crippen LogP contribution in [0.15, 0.2) is 23.4 Å². The number of para-hydroxylation sites is 1. The predicted molar refractivity (Wildman–Crippen MR) is 95.5 cm³/mol.